The minimum atomic E-state index is -1.08. The molecule has 0 aliphatic rings. The summed E-state index contributed by atoms with van der Waals surface area (Å²) >= 11 is 0. The number of carbonyl (C=O) groups excluding carboxylic acids is 1. The van der Waals surface area contributed by atoms with Crippen molar-refractivity contribution in [1.82, 2.24) is 9.97 Å². The van der Waals surface area contributed by atoms with Gasteiger partial charge in [0, 0.05) is 5.69 Å². The van der Waals surface area contributed by atoms with Crippen molar-refractivity contribution in [2.75, 3.05) is 5.32 Å². The van der Waals surface area contributed by atoms with Gasteiger partial charge in [-0.05, 0) is 18.6 Å². The number of imidazole rings is 1. The molecule has 2 aromatic rings. The Morgan fingerprint density at radius 1 is 1.62 bits per heavy atom. The molecule has 0 aliphatic carbocycles. The number of amides is 1. The van der Waals surface area contributed by atoms with Crippen LogP contribution in [0.15, 0.2) is 12.4 Å². The van der Waals surface area contributed by atoms with Crippen LogP contribution in [-0.2, 0) is 4.79 Å². The van der Waals surface area contributed by atoms with E-state index in [0.717, 1.165) is 5.56 Å². The summed E-state index contributed by atoms with van der Waals surface area (Å²) in [4.78, 5) is 28.2. The fourth-order valence-corrected chi connectivity index (χ4v) is 1.62. The zero-order valence-corrected chi connectivity index (χ0v) is 8.44. The van der Waals surface area contributed by atoms with Crippen LogP contribution in [0.4, 0.5) is 5.69 Å². The molecule has 0 spiro atoms. The first kappa shape index (κ1) is 10.2. The van der Waals surface area contributed by atoms with Gasteiger partial charge in [0.25, 0.3) is 0 Å². The van der Waals surface area contributed by atoms with Gasteiger partial charge in [-0.3, -0.25) is 4.79 Å². The Labute approximate surface area is 90.3 Å². The van der Waals surface area contributed by atoms with E-state index in [9.17, 15) is 9.59 Å². The average Bonchev–Trinajstić information content (AvgIpc) is 2.71. The number of fused-ring (bicyclic) bond motifs is 1. The van der Waals surface area contributed by atoms with E-state index in [4.69, 9.17) is 5.11 Å². The van der Waals surface area contributed by atoms with Gasteiger partial charge in [0.15, 0.2) is 0 Å². The summed E-state index contributed by atoms with van der Waals surface area (Å²) in [6.45, 7) is 1.78. The summed E-state index contributed by atoms with van der Waals surface area (Å²) in [5.41, 5.74) is 2.28. The third-order valence-corrected chi connectivity index (χ3v) is 2.41. The third-order valence-electron chi connectivity index (χ3n) is 2.41. The first-order valence-electron chi connectivity index (χ1n) is 4.55. The molecule has 1 aromatic carbocycles. The second-order valence-corrected chi connectivity index (χ2v) is 3.29. The van der Waals surface area contributed by atoms with Gasteiger partial charge in [0.2, 0.25) is 6.41 Å². The first-order valence-corrected chi connectivity index (χ1v) is 4.55. The van der Waals surface area contributed by atoms with Crippen molar-refractivity contribution in [1.29, 1.82) is 0 Å². The molecule has 1 heterocycles. The Hall–Kier alpha value is -2.37. The molecule has 1 aromatic heterocycles. The van der Waals surface area contributed by atoms with E-state index >= 15 is 0 Å². The molecule has 2 rings (SSSR count). The number of benzene rings is 1. The van der Waals surface area contributed by atoms with Gasteiger partial charge in [-0.2, -0.15) is 0 Å². The van der Waals surface area contributed by atoms with E-state index < -0.39 is 5.97 Å². The Morgan fingerprint density at radius 2 is 2.38 bits per heavy atom. The topological polar surface area (TPSA) is 95.1 Å². The molecule has 0 bridgehead atoms. The van der Waals surface area contributed by atoms with Gasteiger partial charge >= 0.3 is 5.97 Å². The molecule has 0 atom stereocenters. The Balaban J connectivity index is 2.79. The van der Waals surface area contributed by atoms with Crippen molar-refractivity contribution in [2.45, 2.75) is 6.92 Å². The molecule has 16 heavy (non-hydrogen) atoms. The largest absolute Gasteiger partial charge is 0.478 e. The molecule has 3 N–H and O–H groups in total. The number of aryl methyl sites for hydroxylation is 1. The zero-order chi connectivity index (χ0) is 11.7. The molecule has 0 saturated heterocycles. The predicted octanol–water partition coefficient (Wildman–Crippen LogP) is 1.14. The molecule has 0 radical (unpaired) electrons. The minimum absolute atomic E-state index is 0.0613. The molecule has 0 saturated carbocycles. The molecule has 6 nitrogen and oxygen atoms in total. The van der Waals surface area contributed by atoms with Crippen molar-refractivity contribution in [3.8, 4) is 0 Å². The highest BCUT2D eigenvalue weighted by Crippen LogP contribution is 2.26. The summed E-state index contributed by atoms with van der Waals surface area (Å²) < 4.78 is 0. The smallest absolute Gasteiger partial charge is 0.338 e. The Morgan fingerprint density at radius 3 is 3.00 bits per heavy atom. The van der Waals surface area contributed by atoms with Crippen molar-refractivity contribution in [2.24, 2.45) is 0 Å². The maximum atomic E-state index is 11.0. The lowest BCUT2D eigenvalue weighted by Gasteiger charge is -2.07. The van der Waals surface area contributed by atoms with E-state index in [1.165, 1.54) is 12.4 Å². The number of nitrogens with zero attached hydrogens (tertiary/aromatic N) is 1. The van der Waals surface area contributed by atoms with Gasteiger partial charge in [-0.25, -0.2) is 9.78 Å². The average molecular weight is 219 g/mol. The molecular weight excluding hydrogens is 210 g/mol. The number of anilines is 1. The molecule has 6 heteroatoms. The number of hydrogen-bond donors (Lipinski definition) is 3. The quantitative estimate of drug-likeness (QED) is 0.674. The van der Waals surface area contributed by atoms with Gasteiger partial charge in [-0.1, -0.05) is 0 Å². The molecule has 82 valence electrons. The summed E-state index contributed by atoms with van der Waals surface area (Å²) in [5.74, 6) is -1.08. The van der Waals surface area contributed by atoms with E-state index in [1.807, 2.05) is 0 Å². The summed E-state index contributed by atoms with van der Waals surface area (Å²) in [6, 6.07) is 1.40. The highest BCUT2D eigenvalue weighted by Gasteiger charge is 2.15. The van der Waals surface area contributed by atoms with Crippen LogP contribution < -0.4 is 5.32 Å². The van der Waals surface area contributed by atoms with Crippen LogP contribution >= 0.6 is 0 Å². The van der Waals surface area contributed by atoms with E-state index in [0.29, 0.717) is 23.1 Å². The lowest BCUT2D eigenvalue weighted by molar-refractivity contribution is -0.105. The number of aromatic carboxylic acids is 1. The van der Waals surface area contributed by atoms with Crippen LogP contribution in [0.1, 0.15) is 15.9 Å². The van der Waals surface area contributed by atoms with Crippen LogP contribution in [-0.4, -0.2) is 27.5 Å². The van der Waals surface area contributed by atoms with Crippen LogP contribution in [0.5, 0.6) is 0 Å². The fraction of sp³-hybridized carbons (Fsp3) is 0.100. The van der Waals surface area contributed by atoms with Gasteiger partial charge in [-0.15, -0.1) is 0 Å². The minimum Gasteiger partial charge on any atom is -0.478 e. The van der Waals surface area contributed by atoms with Gasteiger partial charge in [0.1, 0.15) is 5.52 Å². The maximum Gasteiger partial charge on any atom is 0.338 e. The highest BCUT2D eigenvalue weighted by molar-refractivity contribution is 6.04. The summed E-state index contributed by atoms with van der Waals surface area (Å²) in [5, 5.41) is 11.5. The monoisotopic (exact) mass is 219 g/mol. The molecule has 0 fully saturated rings. The second kappa shape index (κ2) is 3.65. The SMILES string of the molecule is Cc1c(NC=O)cc(C(=O)O)c2nc[nH]c12. The van der Waals surface area contributed by atoms with Crippen molar-refractivity contribution >= 4 is 29.1 Å². The lowest BCUT2D eigenvalue weighted by Crippen LogP contribution is -2.03. The normalized spacial score (nSPS) is 10.3. The van der Waals surface area contributed by atoms with Crippen LogP contribution in [0.2, 0.25) is 0 Å². The number of rotatable bonds is 3. The first-order chi connectivity index (χ1) is 7.65. The highest BCUT2D eigenvalue weighted by atomic mass is 16.4. The molecule has 0 aliphatic heterocycles. The van der Waals surface area contributed by atoms with Crippen LogP contribution in [0.25, 0.3) is 11.0 Å². The summed E-state index contributed by atoms with van der Waals surface area (Å²) in [6.07, 6.45) is 1.94. The number of H-pyrrole nitrogens is 1. The number of aromatic nitrogens is 2. The number of carboxylic acids is 1. The number of carboxylic acid groups (broad SMARTS) is 1. The van der Waals surface area contributed by atoms with Crippen molar-refractivity contribution in [3.05, 3.63) is 23.5 Å². The molecular formula is C10H9N3O3. The lowest BCUT2D eigenvalue weighted by atomic mass is 10.1. The van der Waals surface area contributed by atoms with Gasteiger partial charge in [0.05, 0.1) is 17.4 Å². The predicted molar refractivity (Wildman–Crippen MR) is 57.5 cm³/mol. The van der Waals surface area contributed by atoms with Crippen molar-refractivity contribution < 1.29 is 14.7 Å². The standard InChI is InChI=1S/C10H9N3O3/c1-5-7(13-4-14)2-6(10(15)16)9-8(5)11-3-12-9/h2-4H,1H3,(H,11,12)(H,13,14)(H,15,16). The number of aromatic amines is 1. The van der Waals surface area contributed by atoms with Crippen LogP contribution in [0, 0.1) is 6.92 Å². The number of nitrogens with one attached hydrogen (secondary N) is 2. The number of carbonyl (C=O) groups is 2. The van der Waals surface area contributed by atoms with Gasteiger partial charge < -0.3 is 15.4 Å². The molecule has 1 amide bonds. The summed E-state index contributed by atoms with van der Waals surface area (Å²) in [7, 11) is 0. The maximum absolute atomic E-state index is 11.0. The van der Waals surface area contributed by atoms with Crippen LogP contribution in [0.3, 0.4) is 0 Å². The second-order valence-electron chi connectivity index (χ2n) is 3.29. The Bertz CT molecular complexity index is 574. The van der Waals surface area contributed by atoms with Crippen molar-refractivity contribution in [3.63, 3.8) is 0 Å². The third kappa shape index (κ3) is 1.40. The van der Waals surface area contributed by atoms with E-state index in [-0.39, 0.29) is 5.56 Å². The number of hydrogen-bond acceptors (Lipinski definition) is 3. The Kier molecular flexibility index (Phi) is 2.32. The zero-order valence-electron chi connectivity index (χ0n) is 8.44. The van der Waals surface area contributed by atoms with E-state index in [1.54, 1.807) is 6.92 Å². The fourth-order valence-electron chi connectivity index (χ4n) is 1.62. The van der Waals surface area contributed by atoms with E-state index in [2.05, 4.69) is 15.3 Å². The molecule has 0 unspecified atom stereocenters.